The van der Waals surface area contributed by atoms with Gasteiger partial charge in [0.2, 0.25) is 5.91 Å². The molecule has 7 nitrogen and oxygen atoms in total. The summed E-state index contributed by atoms with van der Waals surface area (Å²) in [5, 5.41) is 2.71. The van der Waals surface area contributed by atoms with E-state index in [2.05, 4.69) is 10.3 Å². The molecule has 0 aliphatic heterocycles. The molecular formula is C12H16N4O3. The maximum Gasteiger partial charge on any atom is 0.417 e. The number of likely N-dealkylation sites (N-methyl/N-ethyl adjacent to an activating group) is 2. The van der Waals surface area contributed by atoms with Crippen LogP contribution in [0.3, 0.4) is 0 Å². The average molecular weight is 264 g/mol. The highest BCUT2D eigenvalue weighted by Crippen LogP contribution is 2.26. The quantitative estimate of drug-likeness (QED) is 0.688. The number of fused-ring (bicyclic) bond motifs is 1. The van der Waals surface area contributed by atoms with Crippen LogP contribution < -0.4 is 21.7 Å². The van der Waals surface area contributed by atoms with Gasteiger partial charge in [-0.05, 0) is 13.0 Å². The van der Waals surface area contributed by atoms with Gasteiger partial charge in [0.05, 0.1) is 23.4 Å². The van der Waals surface area contributed by atoms with Gasteiger partial charge in [-0.3, -0.25) is 9.78 Å². The van der Waals surface area contributed by atoms with E-state index in [1.54, 1.807) is 24.1 Å². The van der Waals surface area contributed by atoms with Gasteiger partial charge in [-0.2, -0.15) is 0 Å². The maximum atomic E-state index is 11.5. The van der Waals surface area contributed by atoms with Crippen LogP contribution >= 0.6 is 0 Å². The van der Waals surface area contributed by atoms with E-state index in [1.165, 1.54) is 0 Å². The van der Waals surface area contributed by atoms with Crippen molar-refractivity contribution in [2.45, 2.75) is 6.92 Å². The molecule has 0 saturated carbocycles. The van der Waals surface area contributed by atoms with Crippen LogP contribution in [0.4, 0.5) is 11.4 Å². The Hall–Kier alpha value is -2.44. The molecule has 2 aromatic rings. The van der Waals surface area contributed by atoms with Gasteiger partial charge in [0.15, 0.2) is 5.58 Å². The second-order valence-corrected chi connectivity index (χ2v) is 4.23. The number of benzene rings is 1. The molecule has 4 N–H and O–H groups in total. The third-order valence-electron chi connectivity index (χ3n) is 2.73. The van der Waals surface area contributed by atoms with E-state index in [0.717, 1.165) is 0 Å². The molecule has 0 aliphatic carbocycles. The molecule has 1 aromatic carbocycles. The molecule has 0 spiro atoms. The van der Waals surface area contributed by atoms with E-state index in [1.807, 2.05) is 6.92 Å². The summed E-state index contributed by atoms with van der Waals surface area (Å²) in [5.41, 5.74) is 7.96. The standard InChI is InChI=1S/C12H16N4O3/c1-3-14-11(17)6-16(2)9-5-8-10(4-7(9)13)19-12(18)15-8/h4-5H,3,6,13H2,1-2H3,(H,14,17)(H,15,18). The van der Waals surface area contributed by atoms with Gasteiger partial charge in [-0.25, -0.2) is 4.79 Å². The molecule has 7 heteroatoms. The number of nitrogens with zero attached hydrogens (tertiary/aromatic N) is 1. The number of aromatic nitrogens is 1. The van der Waals surface area contributed by atoms with Crippen LogP contribution in [0.25, 0.3) is 11.1 Å². The molecule has 102 valence electrons. The Labute approximate surface area is 109 Å². The zero-order valence-electron chi connectivity index (χ0n) is 10.8. The first kappa shape index (κ1) is 13.0. The van der Waals surface area contributed by atoms with Crippen LogP contribution in [0, 0.1) is 0 Å². The monoisotopic (exact) mass is 264 g/mol. The zero-order valence-corrected chi connectivity index (χ0v) is 10.8. The number of carbonyl (C=O) groups excluding carboxylic acids is 1. The van der Waals surface area contributed by atoms with Crippen LogP contribution in [-0.4, -0.2) is 31.0 Å². The van der Waals surface area contributed by atoms with Crippen LogP contribution in [-0.2, 0) is 4.79 Å². The fraction of sp³-hybridized carbons (Fsp3) is 0.333. The van der Waals surface area contributed by atoms with E-state index in [4.69, 9.17) is 10.2 Å². The molecule has 2 rings (SSSR count). The third kappa shape index (κ3) is 2.70. The fourth-order valence-electron chi connectivity index (χ4n) is 1.89. The third-order valence-corrected chi connectivity index (χ3v) is 2.73. The second kappa shape index (κ2) is 5.05. The van der Waals surface area contributed by atoms with Crippen molar-refractivity contribution in [2.75, 3.05) is 30.8 Å². The number of carbonyl (C=O) groups is 1. The van der Waals surface area contributed by atoms with Crippen molar-refractivity contribution in [3.05, 3.63) is 22.7 Å². The number of nitrogen functional groups attached to an aromatic ring is 1. The Morgan fingerprint density at radius 1 is 1.53 bits per heavy atom. The van der Waals surface area contributed by atoms with E-state index in [0.29, 0.717) is 29.0 Å². The highest BCUT2D eigenvalue weighted by atomic mass is 16.4. The first-order valence-electron chi connectivity index (χ1n) is 5.91. The summed E-state index contributed by atoms with van der Waals surface area (Å²) in [6.45, 7) is 2.62. The lowest BCUT2D eigenvalue weighted by Gasteiger charge is -2.20. The van der Waals surface area contributed by atoms with Crippen molar-refractivity contribution < 1.29 is 9.21 Å². The number of hydrogen-bond donors (Lipinski definition) is 3. The number of hydrogen-bond acceptors (Lipinski definition) is 5. The summed E-state index contributed by atoms with van der Waals surface area (Å²) in [6, 6.07) is 3.26. The molecule has 0 fully saturated rings. The minimum absolute atomic E-state index is 0.0924. The summed E-state index contributed by atoms with van der Waals surface area (Å²) in [5.74, 6) is -0.622. The zero-order chi connectivity index (χ0) is 14.0. The molecule has 0 atom stereocenters. The first-order chi connectivity index (χ1) is 9.01. The number of amides is 1. The largest absolute Gasteiger partial charge is 0.417 e. The number of nitrogens with two attached hydrogens (primary N) is 1. The summed E-state index contributed by atoms with van der Waals surface area (Å²) >= 11 is 0. The summed E-state index contributed by atoms with van der Waals surface area (Å²) in [4.78, 5) is 26.9. The fourth-order valence-corrected chi connectivity index (χ4v) is 1.89. The van der Waals surface area contributed by atoms with Gasteiger partial charge in [-0.15, -0.1) is 0 Å². The SMILES string of the molecule is CCNC(=O)CN(C)c1cc2[nH]c(=O)oc2cc1N. The van der Waals surface area contributed by atoms with E-state index >= 15 is 0 Å². The number of anilines is 2. The Morgan fingerprint density at radius 2 is 2.26 bits per heavy atom. The smallest absolute Gasteiger partial charge is 0.408 e. The minimum Gasteiger partial charge on any atom is -0.408 e. The van der Waals surface area contributed by atoms with Crippen molar-refractivity contribution >= 4 is 28.4 Å². The van der Waals surface area contributed by atoms with Crippen LogP contribution in [0.15, 0.2) is 21.3 Å². The molecule has 1 heterocycles. The van der Waals surface area contributed by atoms with E-state index in [-0.39, 0.29) is 12.5 Å². The number of H-pyrrole nitrogens is 1. The Bertz CT molecular complexity index is 659. The second-order valence-electron chi connectivity index (χ2n) is 4.23. The Morgan fingerprint density at radius 3 is 2.95 bits per heavy atom. The molecule has 1 aromatic heterocycles. The van der Waals surface area contributed by atoms with Crippen molar-refractivity contribution in [2.24, 2.45) is 0 Å². The lowest BCUT2D eigenvalue weighted by Crippen LogP contribution is -2.35. The molecular weight excluding hydrogens is 248 g/mol. The van der Waals surface area contributed by atoms with Gasteiger partial charge in [-0.1, -0.05) is 0 Å². The average Bonchev–Trinajstić information content (AvgIpc) is 2.67. The van der Waals surface area contributed by atoms with E-state index < -0.39 is 5.76 Å². The van der Waals surface area contributed by atoms with Crippen molar-refractivity contribution in [1.82, 2.24) is 10.3 Å². The molecule has 0 radical (unpaired) electrons. The molecule has 19 heavy (non-hydrogen) atoms. The molecule has 0 aliphatic rings. The molecule has 0 bridgehead atoms. The van der Waals surface area contributed by atoms with Gasteiger partial charge < -0.3 is 20.4 Å². The summed E-state index contributed by atoms with van der Waals surface area (Å²) in [7, 11) is 1.75. The molecule has 0 unspecified atom stereocenters. The predicted molar refractivity (Wildman–Crippen MR) is 73.2 cm³/mol. The normalized spacial score (nSPS) is 10.6. The van der Waals surface area contributed by atoms with Crippen LogP contribution in [0.1, 0.15) is 6.92 Å². The van der Waals surface area contributed by atoms with Crippen molar-refractivity contribution in [3.8, 4) is 0 Å². The molecule has 0 saturated heterocycles. The summed E-state index contributed by atoms with van der Waals surface area (Å²) < 4.78 is 4.91. The number of aromatic amines is 1. The number of oxazole rings is 1. The number of nitrogens with one attached hydrogen (secondary N) is 2. The van der Waals surface area contributed by atoms with Crippen LogP contribution in [0.2, 0.25) is 0 Å². The highest BCUT2D eigenvalue weighted by molar-refractivity contribution is 5.88. The first-order valence-corrected chi connectivity index (χ1v) is 5.91. The van der Waals surface area contributed by atoms with Crippen molar-refractivity contribution in [1.29, 1.82) is 0 Å². The van der Waals surface area contributed by atoms with E-state index in [9.17, 15) is 9.59 Å². The van der Waals surface area contributed by atoms with Crippen molar-refractivity contribution in [3.63, 3.8) is 0 Å². The lowest BCUT2D eigenvalue weighted by atomic mass is 10.2. The number of rotatable bonds is 4. The topological polar surface area (TPSA) is 104 Å². The predicted octanol–water partition coefficient (Wildman–Crippen LogP) is 0.276. The van der Waals surface area contributed by atoms with Gasteiger partial charge >= 0.3 is 5.76 Å². The Kier molecular flexibility index (Phi) is 3.46. The Balaban J connectivity index is 2.30. The summed E-state index contributed by atoms with van der Waals surface area (Å²) in [6.07, 6.45) is 0. The van der Waals surface area contributed by atoms with Crippen LogP contribution in [0.5, 0.6) is 0 Å². The minimum atomic E-state index is -0.530. The van der Waals surface area contributed by atoms with Gasteiger partial charge in [0.25, 0.3) is 0 Å². The van der Waals surface area contributed by atoms with Gasteiger partial charge in [0, 0.05) is 19.7 Å². The molecule has 1 amide bonds. The maximum absolute atomic E-state index is 11.5. The lowest BCUT2D eigenvalue weighted by molar-refractivity contribution is -0.119. The highest BCUT2D eigenvalue weighted by Gasteiger charge is 2.12. The van der Waals surface area contributed by atoms with Gasteiger partial charge in [0.1, 0.15) is 0 Å².